The third-order valence-electron chi connectivity index (χ3n) is 9.68. The van der Waals surface area contributed by atoms with Gasteiger partial charge in [-0.3, -0.25) is 0 Å². The fourth-order valence-electron chi connectivity index (χ4n) is 6.85. The van der Waals surface area contributed by atoms with Crippen molar-refractivity contribution in [1.29, 1.82) is 0 Å². The van der Waals surface area contributed by atoms with Crippen LogP contribution in [0.3, 0.4) is 0 Å². The van der Waals surface area contributed by atoms with Gasteiger partial charge >= 0.3 is 0 Å². The second-order valence-electron chi connectivity index (χ2n) is 13.3. The first-order chi connectivity index (χ1) is 23.0. The van der Waals surface area contributed by atoms with Crippen molar-refractivity contribution in [2.24, 2.45) is 5.41 Å². The second kappa shape index (κ2) is 12.9. The van der Waals surface area contributed by atoms with Crippen LogP contribution in [-0.2, 0) is 24.8 Å². The Labute approximate surface area is 278 Å². The van der Waals surface area contributed by atoms with E-state index in [1.807, 2.05) is 12.3 Å². The molecule has 0 saturated carbocycles. The van der Waals surface area contributed by atoms with E-state index in [-0.39, 0.29) is 5.41 Å². The normalized spacial score (nSPS) is 12.1. The molecular formula is C43H42N4. The quantitative estimate of drug-likeness (QED) is 0.136. The zero-order valence-electron chi connectivity index (χ0n) is 27.6. The van der Waals surface area contributed by atoms with Gasteiger partial charge in [-0.15, -0.1) is 0 Å². The molecule has 0 N–H and O–H groups in total. The highest BCUT2D eigenvalue weighted by Gasteiger charge is 2.40. The van der Waals surface area contributed by atoms with Crippen molar-refractivity contribution < 1.29 is 0 Å². The minimum Gasteiger partial charge on any atom is -0.316 e. The molecule has 0 aliphatic rings. The Morgan fingerprint density at radius 1 is 0.638 bits per heavy atom. The predicted octanol–water partition coefficient (Wildman–Crippen LogP) is 9.83. The molecule has 0 aliphatic carbocycles. The topological polar surface area (TPSA) is 35.6 Å². The van der Waals surface area contributed by atoms with Gasteiger partial charge in [0.05, 0.1) is 5.69 Å². The average Bonchev–Trinajstić information content (AvgIpc) is 3.73. The molecule has 234 valence electrons. The number of benzene rings is 4. The summed E-state index contributed by atoms with van der Waals surface area (Å²) in [6.07, 6.45) is 10.00. The van der Waals surface area contributed by atoms with Gasteiger partial charge in [-0.1, -0.05) is 130 Å². The highest BCUT2D eigenvalue weighted by molar-refractivity contribution is 5.77. The van der Waals surface area contributed by atoms with Crippen LogP contribution < -0.4 is 0 Å². The van der Waals surface area contributed by atoms with Crippen molar-refractivity contribution in [1.82, 2.24) is 19.1 Å². The van der Waals surface area contributed by atoms with E-state index in [0.29, 0.717) is 0 Å². The number of aromatic nitrogens is 4. The highest BCUT2D eigenvalue weighted by atomic mass is 15.1. The van der Waals surface area contributed by atoms with E-state index in [9.17, 15) is 0 Å². The van der Waals surface area contributed by atoms with Gasteiger partial charge < -0.3 is 9.13 Å². The fourth-order valence-corrected chi connectivity index (χ4v) is 6.85. The van der Waals surface area contributed by atoms with Crippen molar-refractivity contribution in [3.63, 3.8) is 0 Å². The van der Waals surface area contributed by atoms with E-state index in [1.54, 1.807) is 0 Å². The van der Waals surface area contributed by atoms with Gasteiger partial charge in [0.25, 0.3) is 0 Å². The van der Waals surface area contributed by atoms with Crippen molar-refractivity contribution in [3.8, 4) is 5.69 Å². The highest BCUT2D eigenvalue weighted by Crippen LogP contribution is 2.42. The van der Waals surface area contributed by atoms with Gasteiger partial charge in [0, 0.05) is 36.1 Å². The van der Waals surface area contributed by atoms with Crippen molar-refractivity contribution >= 4 is 11.0 Å². The Bertz CT molecular complexity index is 1960. The maximum absolute atomic E-state index is 5.44. The molecule has 0 fully saturated rings. The largest absolute Gasteiger partial charge is 0.316 e. The number of hydrogen-bond acceptors (Lipinski definition) is 2. The van der Waals surface area contributed by atoms with Gasteiger partial charge in [0.1, 0.15) is 17.0 Å². The molecule has 0 spiro atoms. The number of pyridine rings is 1. The third kappa shape index (κ3) is 5.92. The number of fused-ring (bicyclic) bond motifs is 1. The number of hydrogen-bond donors (Lipinski definition) is 0. The molecule has 3 aromatic heterocycles. The Kier molecular flexibility index (Phi) is 8.34. The number of nitrogens with zero attached hydrogens (tertiary/aromatic N) is 4. The Balaban J connectivity index is 1.33. The molecular weight excluding hydrogens is 573 g/mol. The first-order valence-corrected chi connectivity index (χ1v) is 16.7. The molecule has 0 bridgehead atoms. The summed E-state index contributed by atoms with van der Waals surface area (Å²) in [5.41, 5.74) is 7.73. The lowest BCUT2D eigenvalue weighted by molar-refractivity contribution is 0.345. The summed E-state index contributed by atoms with van der Waals surface area (Å²) in [6.45, 7) is 6.96. The molecule has 0 saturated heterocycles. The van der Waals surface area contributed by atoms with E-state index in [2.05, 4.69) is 175 Å². The predicted molar refractivity (Wildman–Crippen MR) is 193 cm³/mol. The molecule has 0 amide bonds. The molecule has 0 atom stereocenters. The van der Waals surface area contributed by atoms with Crippen LogP contribution in [0.25, 0.3) is 16.7 Å². The van der Waals surface area contributed by atoms with Crippen LogP contribution in [0.4, 0.5) is 0 Å². The van der Waals surface area contributed by atoms with E-state index in [4.69, 9.17) is 4.98 Å². The average molecular weight is 615 g/mol. The van der Waals surface area contributed by atoms with Crippen LogP contribution in [0.5, 0.6) is 0 Å². The van der Waals surface area contributed by atoms with Gasteiger partial charge in [0.2, 0.25) is 0 Å². The Morgan fingerprint density at radius 3 is 1.81 bits per heavy atom. The first kappa shape index (κ1) is 30.4. The molecule has 4 aromatic carbocycles. The summed E-state index contributed by atoms with van der Waals surface area (Å²) in [5, 5.41) is 1.14. The maximum atomic E-state index is 5.44. The molecule has 47 heavy (non-hydrogen) atoms. The van der Waals surface area contributed by atoms with Crippen LogP contribution in [-0.4, -0.2) is 19.1 Å². The lowest BCUT2D eigenvalue weighted by Crippen LogP contribution is -2.38. The molecule has 3 heterocycles. The third-order valence-corrected chi connectivity index (χ3v) is 9.68. The summed E-state index contributed by atoms with van der Waals surface area (Å²) in [7, 11) is 0. The van der Waals surface area contributed by atoms with Crippen LogP contribution >= 0.6 is 0 Å². The van der Waals surface area contributed by atoms with Gasteiger partial charge in [-0.25, -0.2) is 9.97 Å². The Hall–Kier alpha value is -5.22. The summed E-state index contributed by atoms with van der Waals surface area (Å²) >= 11 is 0. The molecule has 0 radical (unpaired) electrons. The minimum absolute atomic E-state index is 0.151. The monoisotopic (exact) mass is 614 g/mol. The molecule has 7 aromatic rings. The van der Waals surface area contributed by atoms with Gasteiger partial charge in [-0.05, 0) is 70.8 Å². The SMILES string of the molecule is CCC(C)(C)Cc1cn(C(c2ccccc2)(c2ccccc2)c2ccccc2)c(CCc2ccc(-n3ccc4cccnc43)cc2)n1. The summed E-state index contributed by atoms with van der Waals surface area (Å²) in [4.78, 5) is 10.1. The summed E-state index contributed by atoms with van der Waals surface area (Å²) in [5.74, 6) is 1.09. The van der Waals surface area contributed by atoms with Gasteiger partial charge in [-0.2, -0.15) is 0 Å². The first-order valence-electron chi connectivity index (χ1n) is 16.7. The number of rotatable bonds is 11. The zero-order valence-corrected chi connectivity index (χ0v) is 27.6. The molecule has 4 heteroatoms. The standard InChI is InChI=1S/C43H42N4/c1-4-42(2,3)31-38-32-47(43(35-16-8-5-9-17-35,36-18-10-6-11-19-36)37-20-12-7-13-21-37)40(45-38)27-24-33-22-25-39(26-23-33)46-30-28-34-15-14-29-44-41(34)46/h5-23,25-26,28-30,32H,4,24,27,31H2,1-3H3. The molecule has 0 unspecified atom stereocenters. The zero-order chi connectivity index (χ0) is 32.3. The summed E-state index contributed by atoms with van der Waals surface area (Å²) < 4.78 is 4.64. The van der Waals surface area contributed by atoms with Gasteiger partial charge in [0.15, 0.2) is 0 Å². The molecule has 0 aliphatic heterocycles. The fraction of sp³-hybridized carbons (Fsp3) is 0.209. The minimum atomic E-state index is -0.590. The summed E-state index contributed by atoms with van der Waals surface area (Å²) in [6, 6.07) is 47.9. The van der Waals surface area contributed by atoms with Crippen molar-refractivity contribution in [2.45, 2.75) is 52.0 Å². The Morgan fingerprint density at radius 2 is 1.23 bits per heavy atom. The molecule has 4 nitrogen and oxygen atoms in total. The molecule has 7 rings (SSSR count). The van der Waals surface area contributed by atoms with Crippen molar-refractivity contribution in [3.05, 3.63) is 186 Å². The van der Waals surface area contributed by atoms with Crippen LogP contribution in [0, 0.1) is 5.41 Å². The van der Waals surface area contributed by atoms with E-state index in [1.165, 1.54) is 22.3 Å². The van der Waals surface area contributed by atoms with E-state index >= 15 is 0 Å². The lowest BCUT2D eigenvalue weighted by Gasteiger charge is -2.38. The van der Waals surface area contributed by atoms with Crippen LogP contribution in [0.1, 0.15) is 61.0 Å². The number of imidazole rings is 1. The smallest absolute Gasteiger partial charge is 0.144 e. The lowest BCUT2D eigenvalue weighted by atomic mass is 9.76. The van der Waals surface area contributed by atoms with Crippen LogP contribution in [0.15, 0.2) is 152 Å². The van der Waals surface area contributed by atoms with Crippen molar-refractivity contribution in [2.75, 3.05) is 0 Å². The second-order valence-corrected chi connectivity index (χ2v) is 13.3. The van der Waals surface area contributed by atoms with E-state index in [0.717, 1.165) is 53.9 Å². The maximum Gasteiger partial charge on any atom is 0.144 e. The van der Waals surface area contributed by atoms with E-state index < -0.39 is 5.54 Å². The van der Waals surface area contributed by atoms with Crippen LogP contribution in [0.2, 0.25) is 0 Å². The number of aryl methyl sites for hydroxylation is 2.